The van der Waals surface area contributed by atoms with Crippen molar-refractivity contribution in [1.29, 1.82) is 0 Å². The number of nitrogens with one attached hydrogen (secondary N) is 2. The molecule has 0 aromatic heterocycles. The summed E-state index contributed by atoms with van der Waals surface area (Å²) in [5.74, 6) is -0.313. The Morgan fingerprint density at radius 1 is 1.50 bits per heavy atom. The number of amides is 2. The summed E-state index contributed by atoms with van der Waals surface area (Å²) in [6.07, 6.45) is 0.939. The molecule has 0 bridgehead atoms. The molecule has 20 heavy (non-hydrogen) atoms. The zero-order valence-electron chi connectivity index (χ0n) is 11.6. The second-order valence-electron chi connectivity index (χ2n) is 5.24. The molecular weight excluding hydrogens is 256 g/mol. The molecule has 1 aliphatic rings. The van der Waals surface area contributed by atoms with E-state index in [-0.39, 0.29) is 24.3 Å². The van der Waals surface area contributed by atoms with E-state index in [1.165, 1.54) is 0 Å². The van der Waals surface area contributed by atoms with Crippen LogP contribution in [-0.2, 0) is 16.0 Å². The quantitative estimate of drug-likeness (QED) is 0.753. The first-order valence-electron chi connectivity index (χ1n) is 6.90. The van der Waals surface area contributed by atoms with Crippen LogP contribution in [0.15, 0.2) is 24.3 Å². The first-order chi connectivity index (χ1) is 9.56. The number of fused-ring (bicyclic) bond motifs is 1. The maximum absolute atomic E-state index is 12.0. The fraction of sp³-hybridized carbons (Fsp3) is 0.467. The molecule has 1 aromatic carbocycles. The first kappa shape index (κ1) is 14.5. The number of hydrogen-bond acceptors (Lipinski definition) is 3. The number of para-hydroxylation sites is 1. The van der Waals surface area contributed by atoms with Crippen molar-refractivity contribution >= 4 is 17.5 Å². The molecule has 0 fully saturated rings. The van der Waals surface area contributed by atoms with Crippen molar-refractivity contribution in [1.82, 2.24) is 5.32 Å². The normalized spacial score (nSPS) is 18.9. The van der Waals surface area contributed by atoms with Gasteiger partial charge in [0.05, 0.1) is 6.10 Å². The van der Waals surface area contributed by atoms with E-state index in [1.54, 1.807) is 6.92 Å². The highest BCUT2D eigenvalue weighted by molar-refractivity contribution is 5.96. The van der Waals surface area contributed by atoms with Gasteiger partial charge in [-0.25, -0.2) is 0 Å². The van der Waals surface area contributed by atoms with Crippen molar-refractivity contribution in [2.45, 2.75) is 32.3 Å². The van der Waals surface area contributed by atoms with Crippen LogP contribution in [0.5, 0.6) is 0 Å². The fourth-order valence-corrected chi connectivity index (χ4v) is 2.30. The molecule has 5 heteroatoms. The zero-order valence-corrected chi connectivity index (χ0v) is 11.6. The minimum atomic E-state index is -0.552. The summed E-state index contributed by atoms with van der Waals surface area (Å²) in [6, 6.07) is 7.72. The molecule has 0 radical (unpaired) electrons. The van der Waals surface area contributed by atoms with E-state index in [0.29, 0.717) is 19.3 Å². The van der Waals surface area contributed by atoms with Gasteiger partial charge in [-0.2, -0.15) is 0 Å². The van der Waals surface area contributed by atoms with Gasteiger partial charge in [0.25, 0.3) is 0 Å². The molecule has 108 valence electrons. The highest BCUT2D eigenvalue weighted by atomic mass is 16.3. The predicted octanol–water partition coefficient (Wildman–Crippen LogP) is 1.07. The Kier molecular flexibility index (Phi) is 4.74. The van der Waals surface area contributed by atoms with E-state index < -0.39 is 6.10 Å². The van der Waals surface area contributed by atoms with E-state index in [1.807, 2.05) is 24.3 Å². The topological polar surface area (TPSA) is 78.4 Å². The highest BCUT2D eigenvalue weighted by Crippen LogP contribution is 2.27. The Hall–Kier alpha value is -1.88. The summed E-state index contributed by atoms with van der Waals surface area (Å²) in [7, 11) is 0. The maximum atomic E-state index is 12.0. The Morgan fingerprint density at radius 3 is 3.00 bits per heavy atom. The average Bonchev–Trinajstić information content (AvgIpc) is 2.42. The Labute approximate surface area is 118 Å². The minimum Gasteiger partial charge on any atom is -0.392 e. The van der Waals surface area contributed by atoms with Crippen molar-refractivity contribution in [2.75, 3.05) is 11.9 Å². The molecule has 5 nitrogen and oxygen atoms in total. The van der Waals surface area contributed by atoms with E-state index in [2.05, 4.69) is 10.6 Å². The van der Waals surface area contributed by atoms with Gasteiger partial charge in [0, 0.05) is 24.6 Å². The second-order valence-corrected chi connectivity index (χ2v) is 5.24. The van der Waals surface area contributed by atoms with Crippen LogP contribution >= 0.6 is 0 Å². The highest BCUT2D eigenvalue weighted by Gasteiger charge is 2.26. The van der Waals surface area contributed by atoms with E-state index in [9.17, 15) is 9.59 Å². The van der Waals surface area contributed by atoms with Gasteiger partial charge in [0.2, 0.25) is 11.8 Å². The van der Waals surface area contributed by atoms with Gasteiger partial charge in [-0.15, -0.1) is 0 Å². The number of aliphatic hydroxyl groups is 1. The van der Waals surface area contributed by atoms with Crippen LogP contribution in [0.25, 0.3) is 0 Å². The van der Waals surface area contributed by atoms with E-state index in [0.717, 1.165) is 11.3 Å². The Morgan fingerprint density at radius 2 is 2.25 bits per heavy atom. The maximum Gasteiger partial charge on any atom is 0.227 e. The van der Waals surface area contributed by atoms with E-state index >= 15 is 0 Å². The molecule has 2 amide bonds. The molecule has 2 rings (SSSR count). The number of rotatable bonds is 5. The standard InChI is InChI=1S/C15H20N2O3/c1-10(18)9-16-14(19)7-6-12-8-11-4-2-3-5-13(11)17-15(12)20/h2-5,10,12,18H,6-9H2,1H3,(H,16,19)(H,17,20)/t10-,12-/m1/s1. The van der Waals surface area contributed by atoms with Crippen LogP contribution < -0.4 is 10.6 Å². The lowest BCUT2D eigenvalue weighted by Crippen LogP contribution is -2.33. The molecule has 3 N–H and O–H groups in total. The van der Waals surface area contributed by atoms with Crippen LogP contribution in [0.1, 0.15) is 25.3 Å². The Balaban J connectivity index is 1.85. The van der Waals surface area contributed by atoms with Gasteiger partial charge >= 0.3 is 0 Å². The monoisotopic (exact) mass is 276 g/mol. The fourth-order valence-electron chi connectivity index (χ4n) is 2.30. The van der Waals surface area contributed by atoms with Crippen molar-refractivity contribution in [3.8, 4) is 0 Å². The van der Waals surface area contributed by atoms with Crippen LogP contribution in [0.2, 0.25) is 0 Å². The first-order valence-corrected chi connectivity index (χ1v) is 6.90. The van der Waals surface area contributed by atoms with Gasteiger partial charge in [-0.3, -0.25) is 9.59 Å². The lowest BCUT2D eigenvalue weighted by molar-refractivity contribution is -0.123. The van der Waals surface area contributed by atoms with Gasteiger partial charge in [-0.1, -0.05) is 18.2 Å². The molecule has 1 aliphatic heterocycles. The number of aliphatic hydroxyl groups excluding tert-OH is 1. The van der Waals surface area contributed by atoms with Crippen molar-refractivity contribution in [3.05, 3.63) is 29.8 Å². The summed E-state index contributed by atoms with van der Waals surface area (Å²) in [5.41, 5.74) is 1.98. The number of hydrogen-bond donors (Lipinski definition) is 3. The summed E-state index contributed by atoms with van der Waals surface area (Å²) in [6.45, 7) is 1.87. The average molecular weight is 276 g/mol. The molecule has 0 saturated heterocycles. The molecule has 0 unspecified atom stereocenters. The Bertz CT molecular complexity index is 500. The van der Waals surface area contributed by atoms with Crippen LogP contribution in [0, 0.1) is 5.92 Å². The summed E-state index contributed by atoms with van der Waals surface area (Å²) < 4.78 is 0. The van der Waals surface area contributed by atoms with Gasteiger partial charge in [-0.05, 0) is 31.4 Å². The van der Waals surface area contributed by atoms with Gasteiger partial charge in [0.15, 0.2) is 0 Å². The summed E-state index contributed by atoms with van der Waals surface area (Å²) >= 11 is 0. The van der Waals surface area contributed by atoms with E-state index in [4.69, 9.17) is 5.11 Å². The molecule has 2 atom stereocenters. The lowest BCUT2D eigenvalue weighted by atomic mass is 9.89. The third kappa shape index (κ3) is 3.81. The van der Waals surface area contributed by atoms with Crippen LogP contribution in [0.3, 0.4) is 0 Å². The number of benzene rings is 1. The summed E-state index contributed by atoms with van der Waals surface area (Å²) in [4.78, 5) is 23.5. The van der Waals surface area contributed by atoms with Crippen LogP contribution in [-0.4, -0.2) is 29.6 Å². The largest absolute Gasteiger partial charge is 0.392 e. The SMILES string of the molecule is C[C@@H](O)CNC(=O)CC[C@@H]1Cc2ccccc2NC1=O. The molecular formula is C15H20N2O3. The molecule has 0 saturated carbocycles. The zero-order chi connectivity index (χ0) is 14.5. The lowest BCUT2D eigenvalue weighted by Gasteiger charge is -2.24. The molecule has 0 aliphatic carbocycles. The second kappa shape index (κ2) is 6.52. The van der Waals surface area contributed by atoms with Crippen molar-refractivity contribution in [2.24, 2.45) is 5.92 Å². The predicted molar refractivity (Wildman–Crippen MR) is 76.2 cm³/mol. The molecule has 1 heterocycles. The number of carbonyl (C=O) groups is 2. The third-order valence-corrected chi connectivity index (χ3v) is 3.43. The van der Waals surface area contributed by atoms with Gasteiger partial charge in [0.1, 0.15) is 0 Å². The number of carbonyl (C=O) groups excluding carboxylic acids is 2. The summed E-state index contributed by atoms with van der Waals surface area (Å²) in [5, 5.41) is 14.6. The number of anilines is 1. The van der Waals surface area contributed by atoms with Crippen molar-refractivity contribution < 1.29 is 14.7 Å². The minimum absolute atomic E-state index is 0.0213. The smallest absolute Gasteiger partial charge is 0.227 e. The molecule has 1 aromatic rings. The molecule has 0 spiro atoms. The van der Waals surface area contributed by atoms with Gasteiger partial charge < -0.3 is 15.7 Å². The van der Waals surface area contributed by atoms with Crippen molar-refractivity contribution in [3.63, 3.8) is 0 Å². The van der Waals surface area contributed by atoms with Crippen LogP contribution in [0.4, 0.5) is 5.69 Å². The third-order valence-electron chi connectivity index (χ3n) is 3.43.